The first-order valence-electron chi connectivity index (χ1n) is 10.3. The molecule has 0 aromatic heterocycles. The van der Waals surface area contributed by atoms with Crippen LogP contribution in [0.3, 0.4) is 0 Å². The Morgan fingerprint density at radius 3 is 1.41 bits per heavy atom. The second-order valence-electron chi connectivity index (χ2n) is 7.24. The third-order valence-corrected chi connectivity index (χ3v) is 5.08. The molecule has 3 rings (SSSR count). The van der Waals surface area contributed by atoms with E-state index in [1.807, 2.05) is 36.4 Å². The molecular formula is C23H30N4O2. The molecule has 1 aliphatic rings. The van der Waals surface area contributed by atoms with Crippen LogP contribution in [0.4, 0.5) is 0 Å². The highest BCUT2D eigenvalue weighted by molar-refractivity contribution is 5.76. The summed E-state index contributed by atoms with van der Waals surface area (Å²) in [4.78, 5) is 24.3. The number of hydrogen-bond acceptors (Lipinski definition) is 4. The van der Waals surface area contributed by atoms with Gasteiger partial charge >= 0.3 is 0 Å². The van der Waals surface area contributed by atoms with Crippen LogP contribution in [0.1, 0.15) is 42.5 Å². The fourth-order valence-electron chi connectivity index (χ4n) is 3.58. The number of carbonyl (C=O) groups is 2. The highest BCUT2D eigenvalue weighted by atomic mass is 16.2. The van der Waals surface area contributed by atoms with Crippen molar-refractivity contribution in [1.82, 2.24) is 21.3 Å². The van der Waals surface area contributed by atoms with Crippen LogP contribution >= 0.6 is 0 Å². The SMILES string of the molecule is O=C1CCN[C@H](c2ccccc2)[C@@H](c2ccccc2)NCCC(=O)NCCCN1. The molecule has 0 unspecified atom stereocenters. The lowest BCUT2D eigenvalue weighted by Crippen LogP contribution is -2.38. The highest BCUT2D eigenvalue weighted by Crippen LogP contribution is 2.29. The van der Waals surface area contributed by atoms with Gasteiger partial charge in [-0.25, -0.2) is 0 Å². The topological polar surface area (TPSA) is 82.3 Å². The summed E-state index contributed by atoms with van der Waals surface area (Å²) in [5.74, 6) is 0.0458. The predicted octanol–water partition coefficient (Wildman–Crippen LogP) is 2.06. The maximum absolute atomic E-state index is 12.1. The summed E-state index contributed by atoms with van der Waals surface area (Å²) in [5, 5.41) is 13.0. The van der Waals surface area contributed by atoms with Crippen LogP contribution in [0.2, 0.25) is 0 Å². The van der Waals surface area contributed by atoms with Crippen molar-refractivity contribution in [2.45, 2.75) is 31.3 Å². The number of hydrogen-bond donors (Lipinski definition) is 4. The number of amides is 2. The standard InChI is InChI=1S/C23H30N4O2/c28-20-12-16-26-22(18-8-3-1-4-9-18)23(19-10-5-2-6-11-19)27-17-13-21(29)25-15-7-14-24-20/h1-6,8-11,22-23,26-27H,7,12-17H2,(H,24,28)(H,25,29)/t22-,23-/m1/s1. The summed E-state index contributed by atoms with van der Waals surface area (Å²) in [6, 6.07) is 20.4. The molecule has 6 heteroatoms. The van der Waals surface area contributed by atoms with Crippen LogP contribution in [0.15, 0.2) is 60.7 Å². The van der Waals surface area contributed by atoms with Crippen LogP contribution in [0.25, 0.3) is 0 Å². The summed E-state index contributed by atoms with van der Waals surface area (Å²) >= 11 is 0. The molecule has 0 radical (unpaired) electrons. The van der Waals surface area contributed by atoms with E-state index in [-0.39, 0.29) is 23.9 Å². The van der Waals surface area contributed by atoms with Gasteiger partial charge in [0.2, 0.25) is 11.8 Å². The number of benzene rings is 2. The Morgan fingerprint density at radius 2 is 1.00 bits per heavy atom. The normalized spacial score (nSPS) is 22.6. The van der Waals surface area contributed by atoms with Crippen molar-refractivity contribution < 1.29 is 9.59 Å². The van der Waals surface area contributed by atoms with E-state index in [1.165, 1.54) is 0 Å². The number of rotatable bonds is 2. The molecule has 4 N–H and O–H groups in total. The molecule has 0 bridgehead atoms. The molecule has 29 heavy (non-hydrogen) atoms. The summed E-state index contributed by atoms with van der Waals surface area (Å²) in [6.45, 7) is 2.30. The van der Waals surface area contributed by atoms with Crippen molar-refractivity contribution in [1.29, 1.82) is 0 Å². The Balaban J connectivity index is 1.85. The Hall–Kier alpha value is -2.70. The molecule has 154 valence electrons. The zero-order valence-corrected chi connectivity index (χ0v) is 16.7. The summed E-state index contributed by atoms with van der Waals surface area (Å²) < 4.78 is 0. The molecule has 0 saturated carbocycles. The lowest BCUT2D eigenvalue weighted by molar-refractivity contribution is -0.121. The molecule has 2 aromatic rings. The van der Waals surface area contributed by atoms with E-state index >= 15 is 0 Å². The zero-order chi connectivity index (χ0) is 20.3. The van der Waals surface area contributed by atoms with Crippen LogP contribution in [-0.4, -0.2) is 38.0 Å². The van der Waals surface area contributed by atoms with Crippen LogP contribution in [0.5, 0.6) is 0 Å². The van der Waals surface area contributed by atoms with Gasteiger partial charge in [0.15, 0.2) is 0 Å². The zero-order valence-electron chi connectivity index (χ0n) is 16.7. The Kier molecular flexibility index (Phi) is 8.22. The third-order valence-electron chi connectivity index (χ3n) is 5.08. The fraction of sp³-hybridized carbons (Fsp3) is 0.391. The van der Waals surface area contributed by atoms with E-state index in [1.54, 1.807) is 0 Å². The minimum atomic E-state index is -0.0282. The summed E-state index contributed by atoms with van der Waals surface area (Å²) in [6.07, 6.45) is 1.56. The molecule has 6 nitrogen and oxygen atoms in total. The second kappa shape index (κ2) is 11.3. The van der Waals surface area contributed by atoms with Gasteiger partial charge in [-0.05, 0) is 17.5 Å². The lowest BCUT2D eigenvalue weighted by Gasteiger charge is -2.30. The molecule has 2 aromatic carbocycles. The average molecular weight is 395 g/mol. The van der Waals surface area contributed by atoms with E-state index in [0.29, 0.717) is 39.0 Å². The number of nitrogens with one attached hydrogen (secondary N) is 4. The second-order valence-corrected chi connectivity index (χ2v) is 7.24. The summed E-state index contributed by atoms with van der Waals surface area (Å²) in [5.41, 5.74) is 2.28. The first kappa shape index (κ1) is 21.0. The van der Waals surface area contributed by atoms with Crippen LogP contribution in [-0.2, 0) is 9.59 Å². The van der Waals surface area contributed by atoms with Gasteiger partial charge in [-0.15, -0.1) is 0 Å². The van der Waals surface area contributed by atoms with Gasteiger partial charge in [-0.1, -0.05) is 60.7 Å². The minimum Gasteiger partial charge on any atom is -0.356 e. The Bertz CT molecular complexity index is 701. The van der Waals surface area contributed by atoms with Crippen molar-refractivity contribution in [3.63, 3.8) is 0 Å². The minimum absolute atomic E-state index is 0.0229. The summed E-state index contributed by atoms with van der Waals surface area (Å²) in [7, 11) is 0. The molecule has 2 amide bonds. The van der Waals surface area contributed by atoms with Gasteiger partial charge < -0.3 is 21.3 Å². The molecule has 1 saturated heterocycles. The van der Waals surface area contributed by atoms with Gasteiger partial charge in [0.1, 0.15) is 0 Å². The molecule has 0 aliphatic carbocycles. The van der Waals surface area contributed by atoms with Gasteiger partial charge in [0, 0.05) is 39.0 Å². The largest absolute Gasteiger partial charge is 0.356 e. The highest BCUT2D eigenvalue weighted by Gasteiger charge is 2.24. The molecule has 0 spiro atoms. The maximum atomic E-state index is 12.1. The smallest absolute Gasteiger partial charge is 0.221 e. The van der Waals surface area contributed by atoms with E-state index in [4.69, 9.17) is 0 Å². The van der Waals surface area contributed by atoms with Gasteiger partial charge in [0.25, 0.3) is 0 Å². The predicted molar refractivity (Wildman–Crippen MR) is 114 cm³/mol. The van der Waals surface area contributed by atoms with Gasteiger partial charge in [-0.2, -0.15) is 0 Å². The van der Waals surface area contributed by atoms with Crippen LogP contribution < -0.4 is 21.3 Å². The van der Waals surface area contributed by atoms with Crippen LogP contribution in [0, 0.1) is 0 Å². The van der Waals surface area contributed by atoms with Crippen molar-refractivity contribution >= 4 is 11.8 Å². The van der Waals surface area contributed by atoms with Gasteiger partial charge in [0.05, 0.1) is 12.1 Å². The van der Waals surface area contributed by atoms with E-state index in [9.17, 15) is 9.59 Å². The third kappa shape index (κ3) is 6.69. The van der Waals surface area contributed by atoms with Crippen molar-refractivity contribution in [2.24, 2.45) is 0 Å². The van der Waals surface area contributed by atoms with Gasteiger partial charge in [-0.3, -0.25) is 9.59 Å². The van der Waals surface area contributed by atoms with E-state index < -0.39 is 0 Å². The molecule has 1 fully saturated rings. The Morgan fingerprint density at radius 1 is 0.586 bits per heavy atom. The Labute approximate surface area is 172 Å². The van der Waals surface area contributed by atoms with E-state index in [0.717, 1.165) is 17.5 Å². The van der Waals surface area contributed by atoms with Crippen molar-refractivity contribution in [3.8, 4) is 0 Å². The maximum Gasteiger partial charge on any atom is 0.221 e. The molecular weight excluding hydrogens is 364 g/mol. The molecule has 1 heterocycles. The van der Waals surface area contributed by atoms with Crippen molar-refractivity contribution in [3.05, 3.63) is 71.8 Å². The fourth-order valence-corrected chi connectivity index (χ4v) is 3.58. The average Bonchev–Trinajstić information content (AvgIpc) is 2.76. The molecule has 1 aliphatic heterocycles. The first-order valence-corrected chi connectivity index (χ1v) is 10.3. The lowest BCUT2D eigenvalue weighted by atomic mass is 9.93. The van der Waals surface area contributed by atoms with E-state index in [2.05, 4.69) is 45.5 Å². The molecule has 2 atom stereocenters. The quantitative estimate of drug-likeness (QED) is 0.629. The monoisotopic (exact) mass is 394 g/mol. The number of carbonyl (C=O) groups excluding carboxylic acids is 2. The first-order chi connectivity index (χ1) is 14.2. The van der Waals surface area contributed by atoms with Crippen molar-refractivity contribution in [2.75, 3.05) is 26.2 Å².